The van der Waals surface area contributed by atoms with Crippen LogP contribution in [0.1, 0.15) is 12.5 Å². The topological polar surface area (TPSA) is 59.8 Å². The van der Waals surface area contributed by atoms with Crippen LogP contribution in [-0.4, -0.2) is 25.9 Å². The van der Waals surface area contributed by atoms with E-state index in [9.17, 15) is 4.79 Å². The van der Waals surface area contributed by atoms with Crippen LogP contribution in [0.2, 0.25) is 0 Å². The number of benzene rings is 2. The summed E-state index contributed by atoms with van der Waals surface area (Å²) < 4.78 is 2.89. The lowest BCUT2D eigenvalue weighted by atomic mass is 10.1. The van der Waals surface area contributed by atoms with Gasteiger partial charge in [-0.2, -0.15) is 0 Å². The summed E-state index contributed by atoms with van der Waals surface area (Å²) in [5, 5.41) is 11.9. The number of carbonyl (C=O) groups excluding carboxylic acids is 1. The molecule has 0 bridgehead atoms. The number of halogens is 1. The van der Waals surface area contributed by atoms with Crippen molar-refractivity contribution in [2.45, 2.75) is 24.3 Å². The van der Waals surface area contributed by atoms with Crippen molar-refractivity contribution in [1.29, 1.82) is 0 Å². The maximum Gasteiger partial charge on any atom is 0.237 e. The number of amides is 1. The highest BCUT2D eigenvalue weighted by Gasteiger charge is 2.19. The van der Waals surface area contributed by atoms with Gasteiger partial charge in [-0.25, -0.2) is 0 Å². The maximum atomic E-state index is 12.4. The second kappa shape index (κ2) is 8.05. The number of aromatic nitrogens is 3. The molecule has 134 valence electrons. The van der Waals surface area contributed by atoms with E-state index in [1.165, 1.54) is 17.3 Å². The largest absolute Gasteiger partial charge is 0.325 e. The molecule has 0 aliphatic rings. The van der Waals surface area contributed by atoms with E-state index in [0.29, 0.717) is 5.16 Å². The van der Waals surface area contributed by atoms with Gasteiger partial charge in [-0.15, -0.1) is 10.2 Å². The van der Waals surface area contributed by atoms with Gasteiger partial charge in [-0.3, -0.25) is 4.79 Å². The van der Waals surface area contributed by atoms with Gasteiger partial charge in [-0.1, -0.05) is 51.5 Å². The van der Waals surface area contributed by atoms with Crippen LogP contribution in [0.3, 0.4) is 0 Å². The molecule has 3 rings (SSSR count). The molecule has 0 aliphatic heterocycles. The number of nitrogens with one attached hydrogen (secondary N) is 1. The van der Waals surface area contributed by atoms with E-state index in [2.05, 4.69) is 37.5 Å². The van der Waals surface area contributed by atoms with E-state index in [4.69, 9.17) is 0 Å². The standard InChI is InChI=1S/C19H19BrN4OS/c1-12-5-4-6-14(11-12)17-22-23-19(24(17)3)26-13(2)18(25)21-16-9-7-15(20)8-10-16/h4-11,13H,1-3H3,(H,21,25). The van der Waals surface area contributed by atoms with Crippen LogP contribution < -0.4 is 5.32 Å². The summed E-state index contributed by atoms with van der Waals surface area (Å²) in [6.07, 6.45) is 0. The first-order valence-corrected chi connectivity index (χ1v) is 9.81. The third-order valence-electron chi connectivity index (χ3n) is 3.87. The number of hydrogen-bond acceptors (Lipinski definition) is 4. The number of nitrogens with zero attached hydrogens (tertiary/aromatic N) is 3. The van der Waals surface area contributed by atoms with Gasteiger partial charge in [0.1, 0.15) is 0 Å². The highest BCUT2D eigenvalue weighted by Crippen LogP contribution is 2.26. The number of thioether (sulfide) groups is 1. The molecular weight excluding hydrogens is 412 g/mol. The average Bonchev–Trinajstić information content (AvgIpc) is 2.97. The molecule has 1 atom stereocenters. The van der Waals surface area contributed by atoms with Crippen LogP contribution in [0, 0.1) is 6.92 Å². The molecule has 0 saturated heterocycles. The van der Waals surface area contributed by atoms with E-state index >= 15 is 0 Å². The monoisotopic (exact) mass is 430 g/mol. The summed E-state index contributed by atoms with van der Waals surface area (Å²) in [4.78, 5) is 12.4. The number of rotatable bonds is 5. The molecule has 0 fully saturated rings. The Kier molecular flexibility index (Phi) is 5.78. The minimum absolute atomic E-state index is 0.0718. The second-order valence-corrected chi connectivity index (χ2v) is 8.21. The van der Waals surface area contributed by atoms with Crippen LogP contribution in [0.4, 0.5) is 5.69 Å². The maximum absolute atomic E-state index is 12.4. The fourth-order valence-corrected chi connectivity index (χ4v) is 3.52. The molecule has 0 radical (unpaired) electrons. The van der Waals surface area contributed by atoms with Gasteiger partial charge in [0.05, 0.1) is 5.25 Å². The first-order chi connectivity index (χ1) is 12.4. The molecule has 0 spiro atoms. The van der Waals surface area contributed by atoms with Crippen molar-refractivity contribution in [2.24, 2.45) is 7.05 Å². The van der Waals surface area contributed by atoms with Crippen LogP contribution in [-0.2, 0) is 11.8 Å². The second-order valence-electron chi connectivity index (χ2n) is 5.99. The predicted molar refractivity (Wildman–Crippen MR) is 109 cm³/mol. The number of anilines is 1. The van der Waals surface area contributed by atoms with E-state index in [0.717, 1.165) is 21.5 Å². The van der Waals surface area contributed by atoms with Crippen LogP contribution in [0.5, 0.6) is 0 Å². The Morgan fingerprint density at radius 2 is 1.92 bits per heavy atom. The number of carbonyl (C=O) groups is 1. The minimum Gasteiger partial charge on any atom is -0.325 e. The van der Waals surface area contributed by atoms with Gasteiger partial charge in [0.25, 0.3) is 0 Å². The molecule has 1 amide bonds. The Hall–Kier alpha value is -2.12. The zero-order chi connectivity index (χ0) is 18.7. The zero-order valence-corrected chi connectivity index (χ0v) is 17.1. The van der Waals surface area contributed by atoms with Crippen molar-refractivity contribution in [3.8, 4) is 11.4 Å². The van der Waals surface area contributed by atoms with Gasteiger partial charge in [0, 0.05) is 22.8 Å². The molecule has 1 N–H and O–H groups in total. The molecule has 1 unspecified atom stereocenters. The van der Waals surface area contributed by atoms with E-state index in [1.807, 2.05) is 67.9 Å². The highest BCUT2D eigenvalue weighted by molar-refractivity contribution is 9.10. The smallest absolute Gasteiger partial charge is 0.237 e. The van der Waals surface area contributed by atoms with E-state index in [-0.39, 0.29) is 11.2 Å². The molecule has 2 aromatic carbocycles. The summed E-state index contributed by atoms with van der Waals surface area (Å²) >= 11 is 4.77. The van der Waals surface area contributed by atoms with Crippen molar-refractivity contribution >= 4 is 39.3 Å². The fraction of sp³-hybridized carbons (Fsp3) is 0.211. The average molecular weight is 431 g/mol. The summed E-state index contributed by atoms with van der Waals surface area (Å²) in [6, 6.07) is 15.6. The normalized spacial score (nSPS) is 12.0. The lowest BCUT2D eigenvalue weighted by molar-refractivity contribution is -0.115. The van der Waals surface area contributed by atoms with Crippen molar-refractivity contribution in [1.82, 2.24) is 14.8 Å². The molecule has 1 aromatic heterocycles. The number of hydrogen-bond donors (Lipinski definition) is 1. The molecule has 26 heavy (non-hydrogen) atoms. The summed E-state index contributed by atoms with van der Waals surface area (Å²) in [7, 11) is 1.92. The Bertz CT molecular complexity index is 924. The summed E-state index contributed by atoms with van der Waals surface area (Å²) in [6.45, 7) is 3.91. The Morgan fingerprint density at radius 3 is 2.62 bits per heavy atom. The summed E-state index contributed by atoms with van der Waals surface area (Å²) in [5.74, 6) is 0.717. The van der Waals surface area contributed by atoms with E-state index in [1.54, 1.807) is 0 Å². The molecule has 3 aromatic rings. The Balaban J connectivity index is 1.70. The van der Waals surface area contributed by atoms with Gasteiger partial charge < -0.3 is 9.88 Å². The zero-order valence-electron chi connectivity index (χ0n) is 14.7. The van der Waals surface area contributed by atoms with Crippen molar-refractivity contribution in [2.75, 3.05) is 5.32 Å². The first-order valence-electron chi connectivity index (χ1n) is 8.13. The van der Waals surface area contributed by atoms with Crippen molar-refractivity contribution in [3.05, 3.63) is 58.6 Å². The lowest BCUT2D eigenvalue weighted by Crippen LogP contribution is -2.22. The molecular formula is C19H19BrN4OS. The van der Waals surface area contributed by atoms with Gasteiger partial charge in [0.15, 0.2) is 11.0 Å². The molecule has 5 nitrogen and oxygen atoms in total. The van der Waals surface area contributed by atoms with Crippen LogP contribution in [0.25, 0.3) is 11.4 Å². The van der Waals surface area contributed by atoms with Crippen LogP contribution >= 0.6 is 27.7 Å². The number of aryl methyl sites for hydroxylation is 1. The van der Waals surface area contributed by atoms with Gasteiger partial charge in [0.2, 0.25) is 5.91 Å². The Morgan fingerprint density at radius 1 is 1.19 bits per heavy atom. The predicted octanol–water partition coefficient (Wildman–Crippen LogP) is 4.67. The van der Waals surface area contributed by atoms with Gasteiger partial charge in [-0.05, 0) is 44.2 Å². The summed E-state index contributed by atoms with van der Waals surface area (Å²) in [5.41, 5.74) is 2.95. The SMILES string of the molecule is Cc1cccc(-c2nnc(SC(C)C(=O)Nc3ccc(Br)cc3)n2C)c1. The lowest BCUT2D eigenvalue weighted by Gasteiger charge is -2.12. The minimum atomic E-state index is -0.299. The van der Waals surface area contributed by atoms with E-state index < -0.39 is 0 Å². The molecule has 7 heteroatoms. The quantitative estimate of drug-likeness (QED) is 0.597. The van der Waals surface area contributed by atoms with Crippen molar-refractivity contribution < 1.29 is 4.79 Å². The third kappa shape index (κ3) is 4.34. The highest BCUT2D eigenvalue weighted by atomic mass is 79.9. The molecule has 0 saturated carbocycles. The third-order valence-corrected chi connectivity index (χ3v) is 5.54. The van der Waals surface area contributed by atoms with Crippen LogP contribution in [0.15, 0.2) is 58.2 Å². The first kappa shape index (κ1) is 18.7. The Labute approximate surface area is 165 Å². The molecule has 0 aliphatic carbocycles. The molecule has 1 heterocycles. The van der Waals surface area contributed by atoms with Crippen molar-refractivity contribution in [3.63, 3.8) is 0 Å². The fourth-order valence-electron chi connectivity index (χ4n) is 2.44. The van der Waals surface area contributed by atoms with Gasteiger partial charge >= 0.3 is 0 Å².